The molecule has 2 saturated heterocycles. The van der Waals surface area contributed by atoms with Gasteiger partial charge in [-0.05, 0) is 56.8 Å². The molecule has 2 fully saturated rings. The van der Waals surface area contributed by atoms with E-state index in [1.165, 1.54) is 0 Å². The molecule has 3 rings (SSSR count). The van der Waals surface area contributed by atoms with E-state index in [0.717, 1.165) is 56.6 Å². The second kappa shape index (κ2) is 5.29. The number of hydrogen-bond acceptors (Lipinski definition) is 3. The number of aryl methyl sites for hydroxylation is 1. The van der Waals surface area contributed by atoms with Gasteiger partial charge in [0.2, 0.25) is 0 Å². The fourth-order valence-corrected chi connectivity index (χ4v) is 3.25. The van der Waals surface area contributed by atoms with Crippen molar-refractivity contribution in [2.24, 2.45) is 11.8 Å². The maximum Gasteiger partial charge on any atom is 0.272 e. The third-order valence-electron chi connectivity index (χ3n) is 4.41. The van der Waals surface area contributed by atoms with Crippen LogP contribution < -0.4 is 5.32 Å². The number of pyridine rings is 1. The van der Waals surface area contributed by atoms with Gasteiger partial charge in [-0.1, -0.05) is 6.07 Å². The summed E-state index contributed by atoms with van der Waals surface area (Å²) < 4.78 is 0. The van der Waals surface area contributed by atoms with Crippen molar-refractivity contribution in [3.63, 3.8) is 0 Å². The molecule has 2 atom stereocenters. The summed E-state index contributed by atoms with van der Waals surface area (Å²) in [5, 5.41) is 3.46. The first kappa shape index (κ1) is 12.6. The van der Waals surface area contributed by atoms with Gasteiger partial charge in [-0.15, -0.1) is 0 Å². The Morgan fingerprint density at radius 3 is 2.58 bits per heavy atom. The van der Waals surface area contributed by atoms with Crippen LogP contribution in [-0.4, -0.2) is 42.0 Å². The first-order valence-electron chi connectivity index (χ1n) is 7.17. The maximum atomic E-state index is 12.5. The largest absolute Gasteiger partial charge is 0.337 e. The second-order valence-electron chi connectivity index (χ2n) is 5.71. The molecule has 4 heteroatoms. The molecule has 2 aliphatic rings. The lowest BCUT2D eigenvalue weighted by molar-refractivity contribution is 0.0752. The van der Waals surface area contributed by atoms with Gasteiger partial charge in [0, 0.05) is 18.8 Å². The molecule has 19 heavy (non-hydrogen) atoms. The van der Waals surface area contributed by atoms with Gasteiger partial charge >= 0.3 is 0 Å². The lowest BCUT2D eigenvalue weighted by Crippen LogP contribution is -2.33. The number of aromatic nitrogens is 1. The Kier molecular flexibility index (Phi) is 3.51. The molecule has 0 radical (unpaired) electrons. The van der Waals surface area contributed by atoms with Crippen molar-refractivity contribution in [1.29, 1.82) is 0 Å². The third-order valence-corrected chi connectivity index (χ3v) is 4.41. The molecular formula is C15H21N3O. The predicted octanol–water partition coefficient (Wildman–Crippen LogP) is 1.46. The first-order valence-corrected chi connectivity index (χ1v) is 7.17. The molecule has 1 amide bonds. The summed E-state index contributed by atoms with van der Waals surface area (Å²) in [4.78, 5) is 18.8. The van der Waals surface area contributed by atoms with Gasteiger partial charge in [-0.2, -0.15) is 0 Å². The summed E-state index contributed by atoms with van der Waals surface area (Å²) >= 11 is 0. The third kappa shape index (κ3) is 2.63. The smallest absolute Gasteiger partial charge is 0.272 e. The summed E-state index contributed by atoms with van der Waals surface area (Å²) in [6, 6.07) is 5.66. The van der Waals surface area contributed by atoms with Crippen molar-refractivity contribution >= 4 is 5.91 Å². The Balaban J connectivity index is 1.70. The zero-order chi connectivity index (χ0) is 13.2. The van der Waals surface area contributed by atoms with Crippen molar-refractivity contribution in [2.75, 3.05) is 26.2 Å². The summed E-state index contributed by atoms with van der Waals surface area (Å²) in [5.41, 5.74) is 1.49. The van der Waals surface area contributed by atoms with Gasteiger partial charge in [-0.3, -0.25) is 4.79 Å². The van der Waals surface area contributed by atoms with E-state index in [4.69, 9.17) is 0 Å². The van der Waals surface area contributed by atoms with E-state index < -0.39 is 0 Å². The van der Waals surface area contributed by atoms with Crippen LogP contribution in [0.25, 0.3) is 0 Å². The predicted molar refractivity (Wildman–Crippen MR) is 74.0 cm³/mol. The summed E-state index contributed by atoms with van der Waals surface area (Å²) in [7, 11) is 0. The van der Waals surface area contributed by atoms with Crippen LogP contribution in [0.4, 0.5) is 0 Å². The molecule has 4 nitrogen and oxygen atoms in total. The fraction of sp³-hybridized carbons (Fsp3) is 0.600. The van der Waals surface area contributed by atoms with Crippen molar-refractivity contribution in [3.05, 3.63) is 29.6 Å². The van der Waals surface area contributed by atoms with E-state index in [0.29, 0.717) is 5.69 Å². The monoisotopic (exact) mass is 259 g/mol. The summed E-state index contributed by atoms with van der Waals surface area (Å²) in [6.45, 7) is 5.91. The van der Waals surface area contributed by atoms with Gasteiger partial charge in [-0.25, -0.2) is 4.98 Å². The molecule has 2 aliphatic heterocycles. The lowest BCUT2D eigenvalue weighted by Gasteiger charge is -2.20. The van der Waals surface area contributed by atoms with Crippen molar-refractivity contribution < 1.29 is 4.79 Å². The summed E-state index contributed by atoms with van der Waals surface area (Å²) in [5.74, 6) is 1.60. The number of likely N-dealkylation sites (tertiary alicyclic amines) is 1. The first-order chi connectivity index (χ1) is 9.24. The number of carbonyl (C=O) groups is 1. The normalized spacial score (nSPS) is 26.9. The standard InChI is InChI=1S/C15H21N3O/c1-11-3-2-4-14(17-11)15(19)18-7-5-12-9-16-10-13(12)6-8-18/h2-4,12-13,16H,5-10H2,1H3/t12-,13+. The Morgan fingerprint density at radius 1 is 1.26 bits per heavy atom. The van der Waals surface area contributed by atoms with Crippen LogP contribution in [0.2, 0.25) is 0 Å². The number of carbonyl (C=O) groups excluding carboxylic acids is 1. The molecular weight excluding hydrogens is 238 g/mol. The van der Waals surface area contributed by atoms with Crippen LogP contribution in [0, 0.1) is 18.8 Å². The molecule has 0 unspecified atom stereocenters. The van der Waals surface area contributed by atoms with Crippen LogP contribution >= 0.6 is 0 Å². The molecule has 0 aromatic carbocycles. The molecule has 1 aromatic heterocycles. The topological polar surface area (TPSA) is 45.2 Å². The van der Waals surface area contributed by atoms with Gasteiger partial charge in [0.25, 0.3) is 5.91 Å². The minimum Gasteiger partial charge on any atom is -0.337 e. The van der Waals surface area contributed by atoms with Crippen molar-refractivity contribution in [2.45, 2.75) is 19.8 Å². The molecule has 0 bridgehead atoms. The van der Waals surface area contributed by atoms with Crippen molar-refractivity contribution in [3.8, 4) is 0 Å². The van der Waals surface area contributed by atoms with Crippen LogP contribution in [0.3, 0.4) is 0 Å². The Hall–Kier alpha value is -1.42. The maximum absolute atomic E-state index is 12.5. The highest BCUT2D eigenvalue weighted by Crippen LogP contribution is 2.27. The number of nitrogens with one attached hydrogen (secondary N) is 1. The number of rotatable bonds is 1. The van der Waals surface area contributed by atoms with Crippen LogP contribution in [0.15, 0.2) is 18.2 Å². The quantitative estimate of drug-likeness (QED) is 0.830. The highest BCUT2D eigenvalue weighted by atomic mass is 16.2. The van der Waals surface area contributed by atoms with Gasteiger partial charge in [0.15, 0.2) is 0 Å². The minimum atomic E-state index is 0.0941. The molecule has 0 spiro atoms. The van der Waals surface area contributed by atoms with E-state index in [-0.39, 0.29) is 5.91 Å². The van der Waals surface area contributed by atoms with E-state index in [1.807, 2.05) is 30.0 Å². The van der Waals surface area contributed by atoms with Gasteiger partial charge in [0.05, 0.1) is 0 Å². The zero-order valence-corrected chi connectivity index (χ0v) is 11.4. The van der Waals surface area contributed by atoms with Crippen molar-refractivity contribution in [1.82, 2.24) is 15.2 Å². The van der Waals surface area contributed by atoms with E-state index >= 15 is 0 Å². The molecule has 3 heterocycles. The highest BCUT2D eigenvalue weighted by Gasteiger charge is 2.31. The summed E-state index contributed by atoms with van der Waals surface area (Å²) in [6.07, 6.45) is 2.24. The SMILES string of the molecule is Cc1cccc(C(=O)N2CC[C@@H]3CNC[C@@H]3CC2)n1. The lowest BCUT2D eigenvalue weighted by atomic mass is 9.92. The molecule has 1 N–H and O–H groups in total. The van der Waals surface area contributed by atoms with Crippen LogP contribution in [0.5, 0.6) is 0 Å². The van der Waals surface area contributed by atoms with Crippen LogP contribution in [-0.2, 0) is 0 Å². The fourth-order valence-electron chi connectivity index (χ4n) is 3.25. The molecule has 1 aromatic rings. The average molecular weight is 259 g/mol. The minimum absolute atomic E-state index is 0.0941. The zero-order valence-electron chi connectivity index (χ0n) is 11.4. The van der Waals surface area contributed by atoms with Gasteiger partial charge < -0.3 is 10.2 Å². The number of amides is 1. The van der Waals surface area contributed by atoms with E-state index in [1.54, 1.807) is 0 Å². The van der Waals surface area contributed by atoms with E-state index in [9.17, 15) is 4.79 Å². The molecule has 0 saturated carbocycles. The Morgan fingerprint density at radius 2 is 1.95 bits per heavy atom. The Bertz CT molecular complexity index is 460. The highest BCUT2D eigenvalue weighted by molar-refractivity contribution is 5.92. The second-order valence-corrected chi connectivity index (χ2v) is 5.71. The number of hydrogen-bond donors (Lipinski definition) is 1. The van der Waals surface area contributed by atoms with Crippen LogP contribution in [0.1, 0.15) is 29.0 Å². The average Bonchev–Trinajstić information content (AvgIpc) is 2.77. The number of fused-ring (bicyclic) bond motifs is 1. The van der Waals surface area contributed by atoms with Gasteiger partial charge in [0.1, 0.15) is 5.69 Å². The number of nitrogens with zero attached hydrogens (tertiary/aromatic N) is 2. The Labute approximate surface area is 114 Å². The molecule has 0 aliphatic carbocycles. The van der Waals surface area contributed by atoms with E-state index in [2.05, 4.69) is 10.3 Å². The molecule has 102 valence electrons.